The molecule has 0 aliphatic carbocycles. The molecule has 2 aromatic rings. The van der Waals surface area contributed by atoms with Crippen LogP contribution in [0.5, 0.6) is 5.75 Å². The molecule has 0 saturated heterocycles. The van der Waals surface area contributed by atoms with E-state index in [0.29, 0.717) is 36.4 Å². The van der Waals surface area contributed by atoms with Crippen LogP contribution >= 0.6 is 12.4 Å². The number of carbonyl (C=O) groups is 1. The lowest BCUT2D eigenvalue weighted by atomic mass is 10.1. The third-order valence-corrected chi connectivity index (χ3v) is 3.41. The first-order chi connectivity index (χ1) is 11.9. The molecule has 3 N–H and O–H groups in total. The molecule has 8 heteroatoms. The van der Waals surface area contributed by atoms with Crippen molar-refractivity contribution in [3.05, 3.63) is 59.7 Å². The molecule has 0 atom stereocenters. The summed E-state index contributed by atoms with van der Waals surface area (Å²) in [5, 5.41) is 2.73. The number of benzene rings is 2. The van der Waals surface area contributed by atoms with Gasteiger partial charge in [-0.25, -0.2) is 0 Å². The number of hydrogen-bond donors (Lipinski definition) is 2. The van der Waals surface area contributed by atoms with Gasteiger partial charge in [0.1, 0.15) is 12.4 Å². The Morgan fingerprint density at radius 2 is 1.81 bits per heavy atom. The van der Waals surface area contributed by atoms with Gasteiger partial charge in [0.15, 0.2) is 0 Å². The van der Waals surface area contributed by atoms with Gasteiger partial charge in [0.05, 0.1) is 5.56 Å². The molecule has 0 aliphatic rings. The zero-order chi connectivity index (χ0) is 18.3. The minimum atomic E-state index is -4.38. The van der Waals surface area contributed by atoms with E-state index in [0.717, 1.165) is 12.1 Å². The molecule has 26 heavy (non-hydrogen) atoms. The van der Waals surface area contributed by atoms with Crippen molar-refractivity contribution in [2.75, 3.05) is 11.9 Å². The number of anilines is 1. The fourth-order valence-corrected chi connectivity index (χ4v) is 2.12. The molecule has 1 amide bonds. The molecule has 0 spiro atoms. The van der Waals surface area contributed by atoms with Crippen molar-refractivity contribution >= 4 is 24.0 Å². The molecule has 0 fully saturated rings. The lowest BCUT2D eigenvalue weighted by Gasteiger charge is -2.11. The summed E-state index contributed by atoms with van der Waals surface area (Å²) in [5.41, 5.74) is 5.68. The van der Waals surface area contributed by atoms with Gasteiger partial charge in [-0.1, -0.05) is 12.1 Å². The second kappa shape index (κ2) is 10.0. The van der Waals surface area contributed by atoms with E-state index in [1.807, 2.05) is 0 Å². The SMILES string of the molecule is Cl.NCCCC(=O)Nc1ccc(OCc2cccc(C(F)(F)F)c2)cc1. The molecule has 0 radical (unpaired) electrons. The molecule has 0 heterocycles. The third-order valence-electron chi connectivity index (χ3n) is 3.41. The molecule has 0 aliphatic heterocycles. The average Bonchev–Trinajstić information content (AvgIpc) is 2.59. The normalized spacial score (nSPS) is 10.8. The topological polar surface area (TPSA) is 64.4 Å². The minimum Gasteiger partial charge on any atom is -0.489 e. The van der Waals surface area contributed by atoms with E-state index in [1.54, 1.807) is 30.3 Å². The number of nitrogens with two attached hydrogens (primary N) is 1. The van der Waals surface area contributed by atoms with E-state index in [1.165, 1.54) is 6.07 Å². The number of rotatable bonds is 7. The van der Waals surface area contributed by atoms with Crippen LogP contribution in [0.15, 0.2) is 48.5 Å². The third kappa shape index (κ3) is 6.93. The second-order valence-corrected chi connectivity index (χ2v) is 5.45. The summed E-state index contributed by atoms with van der Waals surface area (Å²) in [4.78, 5) is 11.6. The molecule has 0 bridgehead atoms. The monoisotopic (exact) mass is 388 g/mol. The highest BCUT2D eigenvalue weighted by Gasteiger charge is 2.30. The van der Waals surface area contributed by atoms with Crippen LogP contribution in [0.25, 0.3) is 0 Å². The van der Waals surface area contributed by atoms with Crippen LogP contribution in [0.2, 0.25) is 0 Å². The highest BCUT2D eigenvalue weighted by molar-refractivity contribution is 5.90. The largest absolute Gasteiger partial charge is 0.489 e. The maximum atomic E-state index is 12.7. The molecular formula is C18H20ClF3N2O2. The molecular weight excluding hydrogens is 369 g/mol. The Labute approximate surface area is 155 Å². The van der Waals surface area contributed by atoms with E-state index in [-0.39, 0.29) is 24.9 Å². The molecule has 2 rings (SSSR count). The fraction of sp³-hybridized carbons (Fsp3) is 0.278. The first-order valence-corrected chi connectivity index (χ1v) is 7.77. The number of halogens is 4. The summed E-state index contributed by atoms with van der Waals surface area (Å²) in [6, 6.07) is 11.6. The van der Waals surface area contributed by atoms with Crippen LogP contribution < -0.4 is 15.8 Å². The fourth-order valence-electron chi connectivity index (χ4n) is 2.12. The van der Waals surface area contributed by atoms with E-state index >= 15 is 0 Å². The van der Waals surface area contributed by atoms with Gasteiger partial charge in [0.2, 0.25) is 5.91 Å². The van der Waals surface area contributed by atoms with E-state index in [2.05, 4.69) is 5.32 Å². The van der Waals surface area contributed by atoms with Gasteiger partial charge in [-0.3, -0.25) is 4.79 Å². The first kappa shape index (κ1) is 21.8. The van der Waals surface area contributed by atoms with Gasteiger partial charge in [-0.2, -0.15) is 13.2 Å². The smallest absolute Gasteiger partial charge is 0.416 e. The summed E-state index contributed by atoms with van der Waals surface area (Å²) >= 11 is 0. The van der Waals surface area contributed by atoms with Gasteiger partial charge in [0.25, 0.3) is 0 Å². The van der Waals surface area contributed by atoms with Crippen molar-refractivity contribution in [3.63, 3.8) is 0 Å². The van der Waals surface area contributed by atoms with Crippen molar-refractivity contribution < 1.29 is 22.7 Å². The Bertz CT molecular complexity index is 706. The quantitative estimate of drug-likeness (QED) is 0.739. The van der Waals surface area contributed by atoms with Crippen LogP contribution in [-0.4, -0.2) is 12.5 Å². The van der Waals surface area contributed by atoms with Crippen molar-refractivity contribution in [2.45, 2.75) is 25.6 Å². The number of hydrogen-bond acceptors (Lipinski definition) is 3. The minimum absolute atomic E-state index is 0. The van der Waals surface area contributed by atoms with Crippen molar-refractivity contribution in [1.82, 2.24) is 0 Å². The second-order valence-electron chi connectivity index (χ2n) is 5.45. The van der Waals surface area contributed by atoms with E-state index < -0.39 is 11.7 Å². The van der Waals surface area contributed by atoms with E-state index in [4.69, 9.17) is 10.5 Å². The van der Waals surface area contributed by atoms with Crippen LogP contribution in [0.1, 0.15) is 24.0 Å². The molecule has 0 saturated carbocycles. The van der Waals surface area contributed by atoms with Crippen LogP contribution in [0.3, 0.4) is 0 Å². The highest BCUT2D eigenvalue weighted by atomic mass is 35.5. The van der Waals surface area contributed by atoms with Gasteiger partial charge in [-0.05, 0) is 54.9 Å². The van der Waals surface area contributed by atoms with Crippen molar-refractivity contribution in [3.8, 4) is 5.75 Å². The average molecular weight is 389 g/mol. The summed E-state index contributed by atoms with van der Waals surface area (Å²) in [7, 11) is 0. The Morgan fingerprint density at radius 3 is 2.42 bits per heavy atom. The Balaban J connectivity index is 0.00000338. The van der Waals surface area contributed by atoms with Gasteiger partial charge >= 0.3 is 6.18 Å². The van der Waals surface area contributed by atoms with Crippen molar-refractivity contribution in [1.29, 1.82) is 0 Å². The van der Waals surface area contributed by atoms with Gasteiger partial charge in [0, 0.05) is 12.1 Å². The predicted octanol–water partition coefficient (Wildman–Crippen LogP) is 4.38. The molecule has 0 aromatic heterocycles. The van der Waals surface area contributed by atoms with Gasteiger partial charge < -0.3 is 15.8 Å². The summed E-state index contributed by atoms with van der Waals surface area (Å²) < 4.78 is 43.5. The predicted molar refractivity (Wildman–Crippen MR) is 96.4 cm³/mol. The highest BCUT2D eigenvalue weighted by Crippen LogP contribution is 2.29. The van der Waals surface area contributed by atoms with Crippen LogP contribution in [0.4, 0.5) is 18.9 Å². The summed E-state index contributed by atoms with van der Waals surface area (Å²) in [6.07, 6.45) is -3.41. The summed E-state index contributed by atoms with van der Waals surface area (Å²) in [6.45, 7) is 0.474. The molecule has 0 unspecified atom stereocenters. The van der Waals surface area contributed by atoms with Crippen molar-refractivity contribution in [2.24, 2.45) is 5.73 Å². The molecule has 2 aromatic carbocycles. The molecule has 142 valence electrons. The lowest BCUT2D eigenvalue weighted by molar-refractivity contribution is -0.137. The number of carbonyl (C=O) groups excluding carboxylic acids is 1. The number of nitrogens with one attached hydrogen (secondary N) is 1. The zero-order valence-corrected chi connectivity index (χ0v) is 14.7. The number of ether oxygens (including phenoxy) is 1. The maximum Gasteiger partial charge on any atom is 0.416 e. The Hall–Kier alpha value is -2.25. The summed E-state index contributed by atoms with van der Waals surface area (Å²) in [5.74, 6) is 0.375. The lowest BCUT2D eigenvalue weighted by Crippen LogP contribution is -2.13. The van der Waals surface area contributed by atoms with E-state index in [9.17, 15) is 18.0 Å². The van der Waals surface area contributed by atoms with Gasteiger partial charge in [-0.15, -0.1) is 12.4 Å². The first-order valence-electron chi connectivity index (χ1n) is 7.77. The Morgan fingerprint density at radius 1 is 1.12 bits per heavy atom. The number of alkyl halides is 3. The van der Waals surface area contributed by atoms with Crippen LogP contribution in [0, 0.1) is 0 Å². The van der Waals surface area contributed by atoms with Crippen LogP contribution in [-0.2, 0) is 17.6 Å². The zero-order valence-electron chi connectivity index (χ0n) is 13.9. The Kier molecular flexibility index (Phi) is 8.41. The molecule has 4 nitrogen and oxygen atoms in total. The number of amides is 1. The standard InChI is InChI=1S/C18H19F3N2O2.ClH/c19-18(20,21)14-4-1-3-13(11-14)12-25-16-8-6-15(7-9-16)23-17(24)5-2-10-22;/h1,3-4,6-9,11H,2,5,10,12,22H2,(H,23,24);1H. The maximum absolute atomic E-state index is 12.7.